The summed E-state index contributed by atoms with van der Waals surface area (Å²) in [7, 11) is 1.32. The molecule has 13 nitrogen and oxygen atoms in total. The van der Waals surface area contributed by atoms with Gasteiger partial charge in [0, 0.05) is 18.8 Å². The fourth-order valence-electron chi connectivity index (χ4n) is 5.68. The van der Waals surface area contributed by atoms with Crippen LogP contribution in [0.25, 0.3) is 4.85 Å². The third-order valence-corrected chi connectivity index (χ3v) is 10.0. The molecule has 1 aromatic heterocycles. The van der Waals surface area contributed by atoms with Gasteiger partial charge >= 0.3 is 11.9 Å². The van der Waals surface area contributed by atoms with Crippen LogP contribution in [0.1, 0.15) is 67.0 Å². The van der Waals surface area contributed by atoms with Crippen LogP contribution in [0, 0.1) is 37.7 Å². The first-order valence-electron chi connectivity index (χ1n) is 19.7. The number of methoxy groups -OCH3 is 1. The molecule has 0 aliphatic carbocycles. The molecule has 0 saturated heterocycles. The number of azo groups is 1. The normalized spacial score (nSPS) is 11.8. The fraction of sp³-hybridized carbons (Fsp3) is 0.500. The highest BCUT2D eigenvalue weighted by Gasteiger charge is 2.22. The minimum atomic E-state index is -0.561. The number of rotatable bonds is 29. The van der Waals surface area contributed by atoms with Crippen LogP contribution >= 0.6 is 11.3 Å². The molecule has 2 aromatic carbocycles. The number of carbonyl (C=O) groups excluding carboxylic acids is 2. The Bertz CT molecular complexity index is 1820. The maximum atomic E-state index is 12.2. The lowest BCUT2D eigenvalue weighted by atomic mass is 10.0. The predicted molar refractivity (Wildman–Crippen MR) is 225 cm³/mol. The lowest BCUT2D eigenvalue weighted by molar-refractivity contribution is -0.154. The summed E-state index contributed by atoms with van der Waals surface area (Å²) in [5.41, 5.74) is 4.81. The van der Waals surface area contributed by atoms with Gasteiger partial charge in [0.2, 0.25) is 5.69 Å². The molecule has 0 amide bonds. The van der Waals surface area contributed by atoms with Gasteiger partial charge < -0.3 is 33.3 Å². The van der Waals surface area contributed by atoms with Gasteiger partial charge in [-0.1, -0.05) is 62.2 Å². The maximum Gasteiger partial charge on any atom is 0.309 e. The molecule has 1 heterocycles. The molecule has 1 unspecified atom stereocenters. The summed E-state index contributed by atoms with van der Waals surface area (Å²) in [6, 6.07) is 18.3. The number of nitrogens with zero attached hydrogens (tertiary/aromatic N) is 5. The van der Waals surface area contributed by atoms with Crippen molar-refractivity contribution in [1.82, 2.24) is 0 Å². The second-order valence-electron chi connectivity index (χ2n) is 13.3. The van der Waals surface area contributed by atoms with Crippen LogP contribution in [0.15, 0.2) is 70.9 Å². The first kappa shape index (κ1) is 47.4. The third-order valence-electron chi connectivity index (χ3n) is 8.94. The lowest BCUT2D eigenvalue weighted by Gasteiger charge is -2.25. The summed E-state index contributed by atoms with van der Waals surface area (Å²) in [6.07, 6.45) is 8.79. The second kappa shape index (κ2) is 28.4. The molecule has 312 valence electrons. The van der Waals surface area contributed by atoms with E-state index in [-0.39, 0.29) is 19.6 Å². The van der Waals surface area contributed by atoms with Crippen LogP contribution in [-0.2, 0) is 44.6 Å². The van der Waals surface area contributed by atoms with E-state index in [1.54, 1.807) is 6.92 Å². The van der Waals surface area contributed by atoms with E-state index in [2.05, 4.69) is 57.2 Å². The molecular weight excluding hydrogens is 759 g/mol. The van der Waals surface area contributed by atoms with E-state index >= 15 is 0 Å². The van der Waals surface area contributed by atoms with Gasteiger partial charge in [-0.2, -0.15) is 15.5 Å². The van der Waals surface area contributed by atoms with Crippen molar-refractivity contribution in [3.63, 3.8) is 0 Å². The van der Waals surface area contributed by atoms with E-state index in [0.717, 1.165) is 30.5 Å². The van der Waals surface area contributed by atoms with Gasteiger partial charge in [0.1, 0.15) is 17.7 Å². The minimum absolute atomic E-state index is 0.0337. The Labute approximate surface area is 347 Å². The molecule has 0 saturated carbocycles. The van der Waals surface area contributed by atoms with Gasteiger partial charge in [0.15, 0.2) is 0 Å². The fourth-order valence-corrected chi connectivity index (χ4v) is 6.54. The van der Waals surface area contributed by atoms with E-state index < -0.39 is 17.9 Å². The number of esters is 2. The SMILES string of the molecule is [C-]#[N+]c1c(N=Nc2ccc(N(CCOCCOCCOCCOCCOC(=O)CC(C/C=C/CCCCC)C(=O)OC)Cc3ccccc3)cc2C)sc(C#N)c1C. The number of nitriles is 1. The van der Waals surface area contributed by atoms with E-state index in [0.29, 0.717) is 92.6 Å². The van der Waals surface area contributed by atoms with Crippen molar-refractivity contribution < 1.29 is 38.0 Å². The Morgan fingerprint density at radius 1 is 0.914 bits per heavy atom. The van der Waals surface area contributed by atoms with Gasteiger partial charge in [0.05, 0.1) is 89.4 Å². The van der Waals surface area contributed by atoms with Gasteiger partial charge in [0.25, 0.3) is 0 Å². The second-order valence-corrected chi connectivity index (χ2v) is 14.3. The van der Waals surface area contributed by atoms with Gasteiger partial charge in [-0.3, -0.25) is 9.59 Å². The monoisotopic (exact) mass is 815 g/mol. The van der Waals surface area contributed by atoms with E-state index in [9.17, 15) is 14.9 Å². The Kier molecular flexibility index (Phi) is 23.3. The molecule has 3 aromatic rings. The van der Waals surface area contributed by atoms with Gasteiger partial charge in [-0.15, -0.1) is 11.3 Å². The zero-order valence-electron chi connectivity index (χ0n) is 34.3. The predicted octanol–water partition coefficient (Wildman–Crippen LogP) is 9.52. The Hall–Kier alpha value is -4.96. The van der Waals surface area contributed by atoms with Crippen LogP contribution < -0.4 is 4.90 Å². The quantitative estimate of drug-likeness (QED) is 0.0218. The van der Waals surface area contributed by atoms with Gasteiger partial charge in [-0.25, -0.2) is 4.85 Å². The van der Waals surface area contributed by atoms with Crippen molar-refractivity contribution in [1.29, 1.82) is 5.26 Å². The zero-order valence-corrected chi connectivity index (χ0v) is 35.1. The summed E-state index contributed by atoms with van der Waals surface area (Å²) in [5.74, 6) is -1.44. The van der Waals surface area contributed by atoms with Crippen molar-refractivity contribution >= 4 is 45.3 Å². The van der Waals surface area contributed by atoms with Crippen LogP contribution in [0.5, 0.6) is 0 Å². The van der Waals surface area contributed by atoms with E-state index in [1.165, 1.54) is 30.4 Å². The molecule has 0 spiro atoms. The molecule has 0 radical (unpaired) electrons. The molecule has 0 aliphatic rings. The van der Waals surface area contributed by atoms with E-state index in [4.69, 9.17) is 35.0 Å². The molecule has 3 rings (SSSR count). The lowest BCUT2D eigenvalue weighted by Crippen LogP contribution is -2.27. The summed E-state index contributed by atoms with van der Waals surface area (Å²) < 4.78 is 32.7. The number of allylic oxidation sites excluding steroid dienone is 2. The van der Waals surface area contributed by atoms with Crippen molar-refractivity contribution in [2.45, 2.75) is 65.8 Å². The van der Waals surface area contributed by atoms with Crippen molar-refractivity contribution in [2.75, 3.05) is 78.0 Å². The smallest absolute Gasteiger partial charge is 0.309 e. The van der Waals surface area contributed by atoms with Crippen LogP contribution in [-0.4, -0.2) is 85.1 Å². The number of carbonyl (C=O) groups is 2. The highest BCUT2D eigenvalue weighted by molar-refractivity contribution is 7.17. The average molecular weight is 816 g/mol. The molecule has 1 atom stereocenters. The van der Waals surface area contributed by atoms with Crippen LogP contribution in [0.4, 0.5) is 22.1 Å². The third kappa shape index (κ3) is 17.7. The highest BCUT2D eigenvalue weighted by Crippen LogP contribution is 2.42. The number of thiophene rings is 1. The largest absolute Gasteiger partial charge is 0.469 e. The molecule has 0 fully saturated rings. The number of ether oxygens (including phenoxy) is 6. The van der Waals surface area contributed by atoms with E-state index in [1.807, 2.05) is 43.3 Å². The molecule has 0 N–H and O–H groups in total. The minimum Gasteiger partial charge on any atom is -0.469 e. The number of benzene rings is 2. The first-order chi connectivity index (χ1) is 28.3. The summed E-state index contributed by atoms with van der Waals surface area (Å²) in [4.78, 5) is 30.6. The molecule has 0 bridgehead atoms. The Morgan fingerprint density at radius 3 is 2.21 bits per heavy atom. The molecular formula is C44H57N5O8S. The topological polar surface area (TPSA) is 146 Å². The maximum absolute atomic E-state index is 12.2. The van der Waals surface area contributed by atoms with Crippen LogP contribution in [0.3, 0.4) is 0 Å². The number of aryl methyl sites for hydroxylation is 1. The number of unbranched alkanes of at least 4 members (excludes halogenated alkanes) is 3. The molecule has 14 heteroatoms. The summed E-state index contributed by atoms with van der Waals surface area (Å²) in [6.45, 7) is 18.0. The Morgan fingerprint density at radius 2 is 1.59 bits per heavy atom. The summed E-state index contributed by atoms with van der Waals surface area (Å²) in [5, 5.41) is 18.5. The summed E-state index contributed by atoms with van der Waals surface area (Å²) >= 11 is 1.17. The Balaban J connectivity index is 1.29. The molecule has 0 aliphatic heterocycles. The standard InChI is InChI=1S/C44H57N5O8S/c1-6-7-8-9-10-14-17-37(44(51)52-5)31-41(50)57-29-28-56-27-26-55-25-24-54-23-22-53-21-20-49(33-36-15-12-11-13-16-36)38-18-19-39(34(2)30-38)47-48-43-42(46-4)35(3)40(32-45)58-43/h10-16,18-19,30,37H,6-9,17,20-29,31,33H2,1-3,5H3/b14-10+,48-47?. The first-order valence-corrected chi connectivity index (χ1v) is 20.5. The average Bonchev–Trinajstić information content (AvgIpc) is 3.55. The van der Waals surface area contributed by atoms with Crippen molar-refractivity contribution in [2.24, 2.45) is 16.1 Å². The van der Waals surface area contributed by atoms with Crippen molar-refractivity contribution in [3.05, 3.63) is 93.7 Å². The number of hydrogen-bond donors (Lipinski definition) is 0. The van der Waals surface area contributed by atoms with Gasteiger partial charge in [-0.05, 0) is 68.0 Å². The van der Waals surface area contributed by atoms with Crippen LogP contribution in [0.2, 0.25) is 0 Å². The van der Waals surface area contributed by atoms with Crippen molar-refractivity contribution in [3.8, 4) is 6.07 Å². The number of hydrogen-bond acceptors (Lipinski definition) is 13. The molecule has 58 heavy (non-hydrogen) atoms. The highest BCUT2D eigenvalue weighted by atomic mass is 32.1. The zero-order chi connectivity index (χ0) is 41.8. The number of anilines is 1.